The number of rotatable bonds is 4. The second-order valence-corrected chi connectivity index (χ2v) is 4.66. The second kappa shape index (κ2) is 5.76. The van der Waals surface area contributed by atoms with Crippen molar-refractivity contribution in [2.24, 2.45) is 5.92 Å². The molecule has 1 rings (SSSR count). The third kappa shape index (κ3) is 4.43. The first-order chi connectivity index (χ1) is 6.99. The highest BCUT2D eigenvalue weighted by molar-refractivity contribution is 6.60. The van der Waals surface area contributed by atoms with Crippen LogP contribution in [-0.2, 0) is 4.65 Å². The van der Waals surface area contributed by atoms with Crippen LogP contribution >= 0.6 is 23.2 Å². The van der Waals surface area contributed by atoms with E-state index in [-0.39, 0.29) is 0 Å². The normalized spacial score (nSPS) is 10.8. The molecule has 0 fully saturated rings. The molecule has 5 heteroatoms. The third-order valence-electron chi connectivity index (χ3n) is 1.76. The van der Waals surface area contributed by atoms with Crippen LogP contribution in [0.5, 0.6) is 0 Å². The van der Waals surface area contributed by atoms with E-state index in [1.165, 1.54) is 0 Å². The van der Waals surface area contributed by atoms with E-state index in [9.17, 15) is 5.02 Å². The Bertz CT molecular complexity index is 311. The van der Waals surface area contributed by atoms with E-state index in [4.69, 9.17) is 27.9 Å². The van der Waals surface area contributed by atoms with Gasteiger partial charge in [0.1, 0.15) is 0 Å². The molecular weight excluding hydrogens is 234 g/mol. The van der Waals surface area contributed by atoms with Gasteiger partial charge in [0.2, 0.25) is 0 Å². The molecule has 82 valence electrons. The van der Waals surface area contributed by atoms with Crippen LogP contribution in [0, 0.1) is 5.92 Å². The van der Waals surface area contributed by atoms with Gasteiger partial charge in [-0.15, -0.1) is 0 Å². The average Bonchev–Trinajstić information content (AvgIpc) is 2.12. The van der Waals surface area contributed by atoms with Gasteiger partial charge in [0.25, 0.3) is 0 Å². The number of benzene rings is 1. The molecule has 0 saturated carbocycles. The summed E-state index contributed by atoms with van der Waals surface area (Å²) >= 11 is 11.6. The van der Waals surface area contributed by atoms with Gasteiger partial charge in [0, 0.05) is 16.7 Å². The third-order valence-corrected chi connectivity index (χ3v) is 2.19. The van der Waals surface area contributed by atoms with E-state index in [0.29, 0.717) is 28.0 Å². The summed E-state index contributed by atoms with van der Waals surface area (Å²) in [4.78, 5) is 0. The van der Waals surface area contributed by atoms with E-state index in [1.54, 1.807) is 18.2 Å². The highest BCUT2D eigenvalue weighted by Crippen LogP contribution is 2.14. The van der Waals surface area contributed by atoms with Gasteiger partial charge >= 0.3 is 7.12 Å². The predicted molar refractivity (Wildman–Crippen MR) is 64.9 cm³/mol. The largest absolute Gasteiger partial charge is 0.491 e. The predicted octanol–water partition coefficient (Wildman–Crippen LogP) is 2.35. The summed E-state index contributed by atoms with van der Waals surface area (Å²) < 4.78 is 5.24. The first kappa shape index (κ1) is 12.9. The molecule has 1 aromatic carbocycles. The van der Waals surface area contributed by atoms with Crippen molar-refractivity contribution in [1.82, 2.24) is 0 Å². The second-order valence-electron chi connectivity index (χ2n) is 3.78. The van der Waals surface area contributed by atoms with Crippen LogP contribution in [0.3, 0.4) is 0 Å². The van der Waals surface area contributed by atoms with E-state index < -0.39 is 7.12 Å². The highest BCUT2D eigenvalue weighted by atomic mass is 35.5. The highest BCUT2D eigenvalue weighted by Gasteiger charge is 2.17. The Morgan fingerprint density at radius 1 is 1.27 bits per heavy atom. The molecule has 1 aromatic rings. The molecule has 1 N–H and O–H groups in total. The van der Waals surface area contributed by atoms with Crippen molar-refractivity contribution in [3.8, 4) is 0 Å². The molecule has 0 bridgehead atoms. The van der Waals surface area contributed by atoms with Crippen molar-refractivity contribution in [3.63, 3.8) is 0 Å². The smallest absolute Gasteiger partial charge is 0.423 e. The van der Waals surface area contributed by atoms with Gasteiger partial charge < -0.3 is 9.68 Å². The quantitative estimate of drug-likeness (QED) is 0.827. The van der Waals surface area contributed by atoms with Gasteiger partial charge in [-0.25, -0.2) is 0 Å². The SMILES string of the molecule is CC(C)COB(O)c1cc(Cl)cc(Cl)c1. The summed E-state index contributed by atoms with van der Waals surface area (Å²) in [6.45, 7) is 4.51. The van der Waals surface area contributed by atoms with Crippen molar-refractivity contribution in [1.29, 1.82) is 0 Å². The molecule has 0 amide bonds. The molecule has 0 spiro atoms. The van der Waals surface area contributed by atoms with Crippen LogP contribution in [0.15, 0.2) is 18.2 Å². The molecule has 0 aliphatic heterocycles. The van der Waals surface area contributed by atoms with Crippen molar-refractivity contribution >= 4 is 35.8 Å². The molecule has 0 aliphatic carbocycles. The molecule has 0 aliphatic rings. The molecule has 0 radical (unpaired) electrons. The van der Waals surface area contributed by atoms with Crippen LogP contribution in [0.2, 0.25) is 10.0 Å². The lowest BCUT2D eigenvalue weighted by atomic mass is 9.79. The fraction of sp³-hybridized carbons (Fsp3) is 0.400. The zero-order valence-electron chi connectivity index (χ0n) is 8.71. The monoisotopic (exact) mass is 246 g/mol. The Morgan fingerprint density at radius 3 is 2.27 bits per heavy atom. The Morgan fingerprint density at radius 2 is 1.80 bits per heavy atom. The average molecular weight is 247 g/mol. The van der Waals surface area contributed by atoms with Crippen LogP contribution in [0.25, 0.3) is 0 Å². The summed E-state index contributed by atoms with van der Waals surface area (Å²) in [5.74, 6) is 0.370. The van der Waals surface area contributed by atoms with Gasteiger partial charge in [-0.1, -0.05) is 37.0 Å². The first-order valence-electron chi connectivity index (χ1n) is 4.74. The molecule has 0 heterocycles. The number of hydrogen-bond acceptors (Lipinski definition) is 2. The summed E-state index contributed by atoms with van der Waals surface area (Å²) in [5.41, 5.74) is 0.577. The van der Waals surface area contributed by atoms with Crippen LogP contribution < -0.4 is 5.46 Å². The molecular formula is C10H13BCl2O2. The maximum absolute atomic E-state index is 9.68. The molecule has 0 saturated heterocycles. The first-order valence-corrected chi connectivity index (χ1v) is 5.50. The zero-order chi connectivity index (χ0) is 11.4. The van der Waals surface area contributed by atoms with E-state index >= 15 is 0 Å². The van der Waals surface area contributed by atoms with E-state index in [1.807, 2.05) is 13.8 Å². The van der Waals surface area contributed by atoms with Crippen molar-refractivity contribution in [2.75, 3.05) is 6.61 Å². The Labute approximate surface area is 100 Å². The topological polar surface area (TPSA) is 29.5 Å². The zero-order valence-corrected chi connectivity index (χ0v) is 10.2. The summed E-state index contributed by atoms with van der Waals surface area (Å²) in [7, 11) is -0.969. The Hall–Kier alpha value is -0.215. The van der Waals surface area contributed by atoms with Crippen molar-refractivity contribution in [2.45, 2.75) is 13.8 Å². The lowest BCUT2D eigenvalue weighted by Gasteiger charge is -2.10. The van der Waals surface area contributed by atoms with Crippen molar-refractivity contribution in [3.05, 3.63) is 28.2 Å². The molecule has 0 atom stereocenters. The van der Waals surface area contributed by atoms with Gasteiger partial charge in [0.15, 0.2) is 0 Å². The minimum atomic E-state index is -0.969. The molecule has 2 nitrogen and oxygen atoms in total. The van der Waals surface area contributed by atoms with Crippen LogP contribution in [0.1, 0.15) is 13.8 Å². The van der Waals surface area contributed by atoms with E-state index in [0.717, 1.165) is 0 Å². The van der Waals surface area contributed by atoms with Crippen LogP contribution in [0.4, 0.5) is 0 Å². The standard InChI is InChI=1S/C10H13BCl2O2/c1-7(2)6-15-11(14)8-3-9(12)5-10(13)4-8/h3-5,7,14H,6H2,1-2H3. The van der Waals surface area contributed by atoms with Gasteiger partial charge in [-0.05, 0) is 29.6 Å². The molecule has 0 aromatic heterocycles. The number of halogens is 2. The fourth-order valence-electron chi connectivity index (χ4n) is 1.10. The maximum atomic E-state index is 9.68. The molecule has 15 heavy (non-hydrogen) atoms. The Balaban J connectivity index is 2.68. The summed E-state index contributed by atoms with van der Waals surface area (Å²) in [6.07, 6.45) is 0. The minimum absolute atomic E-state index is 0.370. The van der Waals surface area contributed by atoms with Gasteiger partial charge in [-0.2, -0.15) is 0 Å². The summed E-state index contributed by atoms with van der Waals surface area (Å²) in [6, 6.07) is 4.89. The molecule has 0 unspecified atom stereocenters. The lowest BCUT2D eigenvalue weighted by molar-refractivity contribution is 0.234. The summed E-state index contributed by atoms with van der Waals surface area (Å²) in [5, 5.41) is 10.7. The maximum Gasteiger partial charge on any atom is 0.491 e. The number of hydrogen-bond donors (Lipinski definition) is 1. The van der Waals surface area contributed by atoms with Gasteiger partial charge in [-0.3, -0.25) is 0 Å². The Kier molecular flexibility index (Phi) is 4.93. The van der Waals surface area contributed by atoms with Gasteiger partial charge in [0.05, 0.1) is 0 Å². The minimum Gasteiger partial charge on any atom is -0.423 e. The van der Waals surface area contributed by atoms with E-state index in [2.05, 4.69) is 0 Å². The van der Waals surface area contributed by atoms with Crippen LogP contribution in [-0.4, -0.2) is 18.7 Å². The lowest BCUT2D eigenvalue weighted by Crippen LogP contribution is -2.34. The fourth-order valence-corrected chi connectivity index (χ4v) is 1.64. The van der Waals surface area contributed by atoms with Crippen molar-refractivity contribution < 1.29 is 9.68 Å².